The highest BCUT2D eigenvalue weighted by Gasteiger charge is 2.25. The molecule has 7 nitrogen and oxygen atoms in total. The maximum Gasteiger partial charge on any atom is 0.271 e. The van der Waals surface area contributed by atoms with E-state index in [9.17, 15) is 4.79 Å². The fourth-order valence-electron chi connectivity index (χ4n) is 3.30. The van der Waals surface area contributed by atoms with Gasteiger partial charge in [-0.2, -0.15) is 0 Å². The van der Waals surface area contributed by atoms with Crippen LogP contribution < -0.4 is 10.5 Å². The van der Waals surface area contributed by atoms with Gasteiger partial charge in [0.05, 0.1) is 22.3 Å². The third kappa shape index (κ3) is 3.74. The van der Waals surface area contributed by atoms with E-state index in [2.05, 4.69) is 34.0 Å². The van der Waals surface area contributed by atoms with Crippen LogP contribution in [0.15, 0.2) is 51.0 Å². The molecule has 144 valence electrons. The maximum atomic E-state index is 12.4. The van der Waals surface area contributed by atoms with Gasteiger partial charge in [-0.15, -0.1) is 21.5 Å². The van der Waals surface area contributed by atoms with Crippen molar-refractivity contribution in [3.8, 4) is 10.8 Å². The molecule has 2 N–H and O–H groups in total. The third-order valence-electron chi connectivity index (χ3n) is 4.80. The van der Waals surface area contributed by atoms with E-state index in [-0.39, 0.29) is 11.6 Å². The summed E-state index contributed by atoms with van der Waals surface area (Å²) in [7, 11) is 0. The first-order chi connectivity index (χ1) is 13.7. The van der Waals surface area contributed by atoms with Gasteiger partial charge in [0, 0.05) is 0 Å². The zero-order valence-corrected chi connectivity index (χ0v) is 16.6. The molecule has 1 aromatic carbocycles. The minimum Gasteiger partial charge on any atom is -0.414 e. The number of nitrogens with one attached hydrogen (secondary N) is 2. The summed E-state index contributed by atoms with van der Waals surface area (Å²) in [5, 5.41) is 11.0. The molecule has 0 bridgehead atoms. The molecule has 0 aliphatic heterocycles. The second-order valence-corrected chi connectivity index (χ2v) is 7.70. The van der Waals surface area contributed by atoms with Crippen LogP contribution in [0.3, 0.4) is 0 Å². The molecular formula is C20H22N5O2S+. The number of benzene rings is 1. The Morgan fingerprint density at radius 2 is 2.07 bits per heavy atom. The Kier molecular flexibility index (Phi) is 5.31. The van der Waals surface area contributed by atoms with Gasteiger partial charge in [0.25, 0.3) is 17.3 Å². The Bertz CT molecular complexity index is 1120. The van der Waals surface area contributed by atoms with Gasteiger partial charge in [-0.05, 0) is 36.9 Å². The second kappa shape index (κ2) is 8.04. The van der Waals surface area contributed by atoms with Crippen molar-refractivity contribution in [3.05, 3.63) is 63.8 Å². The molecular weight excluding hydrogens is 374 g/mol. The number of rotatable bonds is 7. The SMILES string of the molecule is CCC[NH+](Cc1nnc(-c2cccs2)o1)[C@@H](C)c1nc2ccccc2c(=O)[nH]1. The molecule has 28 heavy (non-hydrogen) atoms. The van der Waals surface area contributed by atoms with E-state index in [1.54, 1.807) is 17.4 Å². The predicted octanol–water partition coefficient (Wildman–Crippen LogP) is 2.59. The van der Waals surface area contributed by atoms with Crippen LogP contribution in [0.2, 0.25) is 0 Å². The second-order valence-electron chi connectivity index (χ2n) is 6.75. The molecule has 0 aliphatic rings. The Morgan fingerprint density at radius 3 is 2.86 bits per heavy atom. The van der Waals surface area contributed by atoms with Crippen LogP contribution in [0.4, 0.5) is 0 Å². The molecule has 0 spiro atoms. The van der Waals surface area contributed by atoms with Crippen LogP contribution >= 0.6 is 11.3 Å². The highest BCUT2D eigenvalue weighted by Crippen LogP contribution is 2.22. The highest BCUT2D eigenvalue weighted by atomic mass is 32.1. The van der Waals surface area contributed by atoms with E-state index >= 15 is 0 Å². The van der Waals surface area contributed by atoms with Gasteiger partial charge >= 0.3 is 0 Å². The molecule has 0 saturated heterocycles. The molecule has 0 saturated carbocycles. The average Bonchev–Trinajstić information content (AvgIpc) is 3.39. The van der Waals surface area contributed by atoms with E-state index in [0.29, 0.717) is 35.1 Å². The maximum absolute atomic E-state index is 12.4. The van der Waals surface area contributed by atoms with Gasteiger partial charge < -0.3 is 14.3 Å². The van der Waals surface area contributed by atoms with Crippen LogP contribution in [0.5, 0.6) is 0 Å². The zero-order valence-electron chi connectivity index (χ0n) is 15.8. The number of thiophene rings is 1. The van der Waals surface area contributed by atoms with Crippen LogP contribution in [-0.4, -0.2) is 26.7 Å². The first kappa shape index (κ1) is 18.5. The highest BCUT2D eigenvalue weighted by molar-refractivity contribution is 7.13. The standard InChI is InChI=1S/C20H21N5O2S/c1-3-10-25(12-17-23-24-20(27-17)16-9-6-11-28-16)13(2)18-21-15-8-5-4-7-14(15)19(26)22-18/h4-9,11,13H,3,10,12H2,1-2H3,(H,21,22,26)/p+1/t13-/m0/s1. The van der Waals surface area contributed by atoms with Crippen molar-refractivity contribution >= 4 is 22.2 Å². The van der Waals surface area contributed by atoms with Crippen LogP contribution in [-0.2, 0) is 6.54 Å². The lowest BCUT2D eigenvalue weighted by atomic mass is 10.2. The van der Waals surface area contributed by atoms with E-state index < -0.39 is 0 Å². The first-order valence-electron chi connectivity index (χ1n) is 9.35. The molecule has 3 aromatic heterocycles. The number of nitrogens with zero attached hydrogens (tertiary/aromatic N) is 3. The Hall–Kier alpha value is -2.84. The molecule has 1 unspecified atom stereocenters. The molecule has 0 aliphatic carbocycles. The van der Waals surface area contributed by atoms with Crippen molar-refractivity contribution in [1.82, 2.24) is 20.2 Å². The van der Waals surface area contributed by atoms with Gasteiger partial charge in [-0.3, -0.25) is 4.79 Å². The number of hydrogen-bond acceptors (Lipinski definition) is 6. The van der Waals surface area contributed by atoms with Gasteiger partial charge in [-0.25, -0.2) is 4.98 Å². The molecule has 3 heterocycles. The normalized spacial score (nSPS) is 13.6. The lowest BCUT2D eigenvalue weighted by Gasteiger charge is -2.23. The summed E-state index contributed by atoms with van der Waals surface area (Å²) >= 11 is 1.57. The zero-order chi connectivity index (χ0) is 19.5. The monoisotopic (exact) mass is 396 g/mol. The van der Waals surface area contributed by atoms with Crippen molar-refractivity contribution < 1.29 is 9.32 Å². The number of aromatic amines is 1. The van der Waals surface area contributed by atoms with Gasteiger partial charge in [0.15, 0.2) is 12.4 Å². The fourth-order valence-corrected chi connectivity index (χ4v) is 3.95. The summed E-state index contributed by atoms with van der Waals surface area (Å²) in [6.07, 6.45) is 0.989. The minimum atomic E-state index is -0.110. The number of H-pyrrole nitrogens is 1. The fraction of sp³-hybridized carbons (Fsp3) is 0.300. The molecule has 0 radical (unpaired) electrons. The lowest BCUT2D eigenvalue weighted by Crippen LogP contribution is -3.10. The van der Waals surface area contributed by atoms with Gasteiger partial charge in [-0.1, -0.05) is 25.1 Å². The van der Waals surface area contributed by atoms with E-state index in [1.165, 1.54) is 4.90 Å². The van der Waals surface area contributed by atoms with Crippen LogP contribution in [0, 0.1) is 0 Å². The Balaban J connectivity index is 1.60. The summed E-state index contributed by atoms with van der Waals surface area (Å²) in [4.78, 5) is 22.2. The number of para-hydroxylation sites is 1. The van der Waals surface area contributed by atoms with E-state index in [4.69, 9.17) is 4.42 Å². The smallest absolute Gasteiger partial charge is 0.271 e. The predicted molar refractivity (Wildman–Crippen MR) is 108 cm³/mol. The summed E-state index contributed by atoms with van der Waals surface area (Å²) in [5.41, 5.74) is 0.600. The summed E-state index contributed by atoms with van der Waals surface area (Å²) in [5.74, 6) is 1.80. The van der Waals surface area contributed by atoms with Crippen LogP contribution in [0.25, 0.3) is 21.7 Å². The molecule has 8 heteroatoms. The minimum absolute atomic E-state index is 0.0191. The largest absolute Gasteiger partial charge is 0.414 e. The number of fused-ring (bicyclic) bond motifs is 1. The number of aromatic nitrogens is 4. The quantitative estimate of drug-likeness (QED) is 0.501. The van der Waals surface area contributed by atoms with Crippen LogP contribution in [0.1, 0.15) is 38.0 Å². The van der Waals surface area contributed by atoms with Crippen molar-refractivity contribution in [3.63, 3.8) is 0 Å². The van der Waals surface area contributed by atoms with Crippen molar-refractivity contribution in [2.45, 2.75) is 32.9 Å². The summed E-state index contributed by atoms with van der Waals surface area (Å²) in [6, 6.07) is 11.3. The number of hydrogen-bond donors (Lipinski definition) is 2. The topological polar surface area (TPSA) is 89.1 Å². The first-order valence-corrected chi connectivity index (χ1v) is 10.2. The average molecular weight is 396 g/mol. The Labute approximate surface area is 166 Å². The summed E-state index contributed by atoms with van der Waals surface area (Å²) in [6.45, 7) is 5.67. The van der Waals surface area contributed by atoms with Gasteiger partial charge in [0.2, 0.25) is 0 Å². The molecule has 0 fully saturated rings. The van der Waals surface area contributed by atoms with E-state index in [1.807, 2.05) is 35.7 Å². The number of quaternary nitrogens is 1. The summed E-state index contributed by atoms with van der Waals surface area (Å²) < 4.78 is 5.86. The van der Waals surface area contributed by atoms with Crippen molar-refractivity contribution in [1.29, 1.82) is 0 Å². The Morgan fingerprint density at radius 1 is 1.21 bits per heavy atom. The lowest BCUT2D eigenvalue weighted by molar-refractivity contribution is -0.945. The molecule has 0 amide bonds. The van der Waals surface area contributed by atoms with E-state index in [0.717, 1.165) is 17.8 Å². The van der Waals surface area contributed by atoms with Crippen molar-refractivity contribution in [2.75, 3.05) is 6.54 Å². The molecule has 4 rings (SSSR count). The molecule has 2 atom stereocenters. The van der Waals surface area contributed by atoms with Crippen molar-refractivity contribution in [2.24, 2.45) is 0 Å². The third-order valence-corrected chi connectivity index (χ3v) is 5.66. The molecule has 4 aromatic rings. The van der Waals surface area contributed by atoms with Gasteiger partial charge in [0.1, 0.15) is 6.04 Å².